The van der Waals surface area contributed by atoms with Crippen molar-refractivity contribution in [1.82, 2.24) is 0 Å². The Labute approximate surface area is 314 Å². The largest absolute Gasteiger partial charge is 0.372 e. The highest BCUT2D eigenvalue weighted by atomic mass is 15.2. The first-order valence-corrected chi connectivity index (χ1v) is 19.5. The van der Waals surface area contributed by atoms with Crippen LogP contribution in [0.2, 0.25) is 0 Å². The van der Waals surface area contributed by atoms with Crippen LogP contribution in [0.1, 0.15) is 55.4 Å². The molecular weight excluding hydrogens is 637 g/mol. The number of benzene rings is 5. The first kappa shape index (κ1) is 38.1. The van der Waals surface area contributed by atoms with Gasteiger partial charge in [0.1, 0.15) is 0 Å². The second-order valence-corrected chi connectivity index (χ2v) is 12.9. The van der Waals surface area contributed by atoms with Gasteiger partial charge in [0.15, 0.2) is 0 Å². The minimum absolute atomic E-state index is 0.987. The molecule has 0 fully saturated rings. The molecule has 5 aromatic carbocycles. The van der Waals surface area contributed by atoms with Gasteiger partial charge in [0.05, 0.1) is 0 Å². The second kappa shape index (κ2) is 18.4. The average molecular weight is 697 g/mol. The molecule has 6 heteroatoms. The van der Waals surface area contributed by atoms with E-state index in [2.05, 4.69) is 206 Å². The molecule has 0 bridgehead atoms. The lowest BCUT2D eigenvalue weighted by Gasteiger charge is -2.30. The Morgan fingerprint density at radius 3 is 0.442 bits per heavy atom. The normalized spacial score (nSPS) is 10.9. The van der Waals surface area contributed by atoms with Crippen molar-refractivity contribution < 1.29 is 0 Å². The van der Waals surface area contributed by atoms with E-state index in [9.17, 15) is 0 Å². The average Bonchev–Trinajstić information content (AvgIpc) is 3.20. The maximum Gasteiger partial charge on any atom is 0.0463 e. The lowest BCUT2D eigenvalue weighted by molar-refractivity contribution is 0.866. The van der Waals surface area contributed by atoms with Crippen molar-refractivity contribution in [2.45, 2.75) is 55.4 Å². The summed E-state index contributed by atoms with van der Waals surface area (Å²) in [5, 5.41) is 0. The predicted molar refractivity (Wildman–Crippen MR) is 230 cm³/mol. The SMILES string of the molecule is CCN(CC)c1ccc(N(c2ccc(N(CC)CC)cc2)c2ccc(N(c3ccc(N(CC)CC)cc3)c3ccc(N(CC)CC)cc3)cc2)cc1. The van der Waals surface area contributed by atoms with Gasteiger partial charge in [0.25, 0.3) is 0 Å². The van der Waals surface area contributed by atoms with Gasteiger partial charge in [-0.15, -0.1) is 0 Å². The molecule has 0 atom stereocenters. The summed E-state index contributed by atoms with van der Waals surface area (Å²) >= 11 is 0. The molecule has 0 aliphatic heterocycles. The summed E-state index contributed by atoms with van der Waals surface area (Å²) in [6.07, 6.45) is 0. The number of anilines is 10. The summed E-state index contributed by atoms with van der Waals surface area (Å²) in [6.45, 7) is 25.6. The fourth-order valence-corrected chi connectivity index (χ4v) is 7.25. The van der Waals surface area contributed by atoms with Gasteiger partial charge in [-0.1, -0.05) is 0 Å². The fraction of sp³-hybridized carbons (Fsp3) is 0.348. The molecule has 0 saturated heterocycles. The molecule has 5 rings (SSSR count). The van der Waals surface area contributed by atoms with E-state index in [1.807, 2.05) is 0 Å². The van der Waals surface area contributed by atoms with Crippen LogP contribution in [0.25, 0.3) is 0 Å². The van der Waals surface area contributed by atoms with Gasteiger partial charge in [0.2, 0.25) is 0 Å². The molecule has 0 unspecified atom stereocenters. The number of rotatable bonds is 18. The zero-order valence-electron chi connectivity index (χ0n) is 32.9. The molecule has 0 N–H and O–H groups in total. The molecule has 5 aromatic rings. The Bertz CT molecular complexity index is 1510. The van der Waals surface area contributed by atoms with Gasteiger partial charge in [-0.3, -0.25) is 0 Å². The molecule has 0 radical (unpaired) electrons. The quantitative estimate of drug-likeness (QED) is 0.0902. The van der Waals surface area contributed by atoms with Crippen LogP contribution in [0.4, 0.5) is 56.9 Å². The summed E-state index contributed by atoms with van der Waals surface area (Å²) in [6, 6.07) is 45.0. The van der Waals surface area contributed by atoms with E-state index in [1.165, 1.54) is 22.7 Å². The molecule has 0 heterocycles. The summed E-state index contributed by atoms with van der Waals surface area (Å²) in [4.78, 5) is 14.3. The first-order chi connectivity index (χ1) is 25.4. The highest BCUT2D eigenvalue weighted by Crippen LogP contribution is 2.40. The van der Waals surface area contributed by atoms with Crippen LogP contribution in [0.15, 0.2) is 121 Å². The highest BCUT2D eigenvalue weighted by molar-refractivity contribution is 5.82. The summed E-state index contributed by atoms with van der Waals surface area (Å²) in [5.41, 5.74) is 11.8. The van der Waals surface area contributed by atoms with E-state index in [4.69, 9.17) is 0 Å². The van der Waals surface area contributed by atoms with Crippen LogP contribution in [-0.2, 0) is 0 Å². The molecule has 0 amide bonds. The van der Waals surface area contributed by atoms with Crippen LogP contribution >= 0.6 is 0 Å². The highest BCUT2D eigenvalue weighted by Gasteiger charge is 2.18. The Balaban J connectivity index is 1.57. The second-order valence-electron chi connectivity index (χ2n) is 12.9. The Morgan fingerprint density at radius 1 is 0.212 bits per heavy atom. The molecule has 274 valence electrons. The lowest BCUT2D eigenvalue weighted by Crippen LogP contribution is -2.22. The lowest BCUT2D eigenvalue weighted by atomic mass is 10.1. The third-order valence-electron chi connectivity index (χ3n) is 10.3. The Hall–Kier alpha value is -5.10. The van der Waals surface area contributed by atoms with Crippen molar-refractivity contribution in [2.24, 2.45) is 0 Å². The van der Waals surface area contributed by atoms with Gasteiger partial charge >= 0.3 is 0 Å². The minimum Gasteiger partial charge on any atom is -0.372 e. The monoisotopic (exact) mass is 696 g/mol. The van der Waals surface area contributed by atoms with Gasteiger partial charge in [-0.25, -0.2) is 0 Å². The standard InChI is InChI=1S/C46H60N6/c1-9-47(10-2)37-17-25-41(26-18-37)51(42-27-19-38(20-28-42)48(11-3)12-4)45-33-35-46(36-34-45)52(43-29-21-39(22-30-43)49(13-5)14-6)44-31-23-40(24-32-44)50(15-7)16-8/h17-36H,9-16H2,1-8H3. The maximum absolute atomic E-state index is 2.39. The third-order valence-corrected chi connectivity index (χ3v) is 10.3. The number of hydrogen-bond donors (Lipinski definition) is 0. The topological polar surface area (TPSA) is 19.4 Å². The van der Waals surface area contributed by atoms with Crippen molar-refractivity contribution in [3.05, 3.63) is 121 Å². The van der Waals surface area contributed by atoms with Crippen molar-refractivity contribution in [3.8, 4) is 0 Å². The molecular formula is C46H60N6. The van der Waals surface area contributed by atoms with Gasteiger partial charge in [0, 0.05) is 109 Å². The Morgan fingerprint density at radius 2 is 0.327 bits per heavy atom. The molecule has 52 heavy (non-hydrogen) atoms. The van der Waals surface area contributed by atoms with Crippen LogP contribution in [0.3, 0.4) is 0 Å². The van der Waals surface area contributed by atoms with Gasteiger partial charge in [-0.2, -0.15) is 0 Å². The molecule has 6 nitrogen and oxygen atoms in total. The van der Waals surface area contributed by atoms with E-state index in [0.29, 0.717) is 0 Å². The van der Waals surface area contributed by atoms with E-state index in [1.54, 1.807) is 0 Å². The smallest absolute Gasteiger partial charge is 0.0463 e. The molecule has 0 aliphatic carbocycles. The van der Waals surface area contributed by atoms with E-state index < -0.39 is 0 Å². The van der Waals surface area contributed by atoms with Gasteiger partial charge < -0.3 is 29.4 Å². The summed E-state index contributed by atoms with van der Waals surface area (Å²) in [7, 11) is 0. The summed E-state index contributed by atoms with van der Waals surface area (Å²) < 4.78 is 0. The van der Waals surface area contributed by atoms with Crippen molar-refractivity contribution in [3.63, 3.8) is 0 Å². The molecule has 0 aromatic heterocycles. The van der Waals surface area contributed by atoms with E-state index >= 15 is 0 Å². The zero-order valence-corrected chi connectivity index (χ0v) is 32.9. The van der Waals surface area contributed by atoms with Crippen LogP contribution < -0.4 is 29.4 Å². The van der Waals surface area contributed by atoms with Crippen LogP contribution in [-0.4, -0.2) is 52.4 Å². The maximum atomic E-state index is 2.39. The minimum atomic E-state index is 0.987. The molecule has 0 saturated carbocycles. The first-order valence-electron chi connectivity index (χ1n) is 19.5. The Kier molecular flexibility index (Phi) is 13.5. The van der Waals surface area contributed by atoms with Gasteiger partial charge in [-0.05, 0) is 177 Å². The number of nitrogens with zero attached hydrogens (tertiary/aromatic N) is 6. The molecule has 0 aliphatic rings. The van der Waals surface area contributed by atoms with Crippen molar-refractivity contribution in [1.29, 1.82) is 0 Å². The zero-order chi connectivity index (χ0) is 37.0. The summed E-state index contributed by atoms with van der Waals surface area (Å²) in [5.74, 6) is 0. The fourth-order valence-electron chi connectivity index (χ4n) is 7.25. The number of hydrogen-bond acceptors (Lipinski definition) is 6. The van der Waals surface area contributed by atoms with E-state index in [0.717, 1.165) is 86.5 Å². The van der Waals surface area contributed by atoms with Crippen molar-refractivity contribution >= 4 is 56.9 Å². The molecule has 0 spiro atoms. The van der Waals surface area contributed by atoms with E-state index in [-0.39, 0.29) is 0 Å². The van der Waals surface area contributed by atoms with Crippen LogP contribution in [0.5, 0.6) is 0 Å². The predicted octanol–water partition coefficient (Wildman–Crippen LogP) is 12.0. The van der Waals surface area contributed by atoms with Crippen molar-refractivity contribution in [2.75, 3.05) is 81.8 Å². The third kappa shape index (κ3) is 8.50. The van der Waals surface area contributed by atoms with Crippen LogP contribution in [0, 0.1) is 0 Å².